The van der Waals surface area contributed by atoms with Crippen molar-refractivity contribution in [2.24, 2.45) is 0 Å². The molecular weight excluding hydrogens is 193 g/mol. The first-order valence-corrected chi connectivity index (χ1v) is 3.62. The van der Waals surface area contributed by atoms with Crippen molar-refractivity contribution in [1.82, 2.24) is 0 Å². The van der Waals surface area contributed by atoms with Crippen molar-refractivity contribution >= 4 is 11.7 Å². The average Bonchev–Trinajstić information content (AvgIpc) is 2.02. The van der Waals surface area contributed by atoms with Crippen LogP contribution in [-0.2, 0) is 0 Å². The topological polar surface area (TPSA) is 80.4 Å². The van der Waals surface area contributed by atoms with E-state index >= 15 is 0 Å². The molecule has 0 bridgehead atoms. The lowest BCUT2D eigenvalue weighted by atomic mass is 10.1. The van der Waals surface area contributed by atoms with Gasteiger partial charge in [0.1, 0.15) is 5.56 Å². The zero-order valence-electron chi connectivity index (χ0n) is 7.15. The average molecular weight is 199 g/mol. The van der Waals surface area contributed by atoms with Gasteiger partial charge in [0.25, 0.3) is 0 Å². The maximum atomic E-state index is 13.2. The molecule has 5 nitrogen and oxygen atoms in total. The molecule has 0 aromatic heterocycles. The molecule has 0 aliphatic heterocycles. The van der Waals surface area contributed by atoms with E-state index < -0.39 is 28.0 Å². The van der Waals surface area contributed by atoms with Gasteiger partial charge in [-0.05, 0) is 13.0 Å². The van der Waals surface area contributed by atoms with E-state index in [1.54, 1.807) is 0 Å². The Morgan fingerprint density at radius 1 is 1.57 bits per heavy atom. The Morgan fingerprint density at radius 3 is 2.57 bits per heavy atom. The van der Waals surface area contributed by atoms with Gasteiger partial charge in [0, 0.05) is 5.56 Å². The Kier molecular flexibility index (Phi) is 2.46. The predicted molar refractivity (Wildman–Crippen MR) is 44.8 cm³/mol. The number of benzene rings is 1. The second kappa shape index (κ2) is 3.41. The van der Waals surface area contributed by atoms with E-state index in [-0.39, 0.29) is 5.56 Å². The summed E-state index contributed by atoms with van der Waals surface area (Å²) in [6.45, 7) is 1.34. The summed E-state index contributed by atoms with van der Waals surface area (Å²) in [7, 11) is 0. The molecule has 0 heterocycles. The van der Waals surface area contributed by atoms with Gasteiger partial charge in [-0.25, -0.2) is 4.79 Å². The van der Waals surface area contributed by atoms with Gasteiger partial charge in [-0.2, -0.15) is 4.39 Å². The number of carbonyl (C=O) groups is 1. The molecule has 1 N–H and O–H groups in total. The van der Waals surface area contributed by atoms with Gasteiger partial charge in [-0.1, -0.05) is 6.07 Å². The molecule has 0 aliphatic carbocycles. The fourth-order valence-corrected chi connectivity index (χ4v) is 1.05. The third kappa shape index (κ3) is 1.54. The van der Waals surface area contributed by atoms with Crippen LogP contribution >= 0.6 is 0 Å². The van der Waals surface area contributed by atoms with Gasteiger partial charge >= 0.3 is 11.7 Å². The zero-order chi connectivity index (χ0) is 10.9. The summed E-state index contributed by atoms with van der Waals surface area (Å²) < 4.78 is 13.2. The van der Waals surface area contributed by atoms with Gasteiger partial charge in [0.05, 0.1) is 4.92 Å². The number of nitro benzene ring substituents is 1. The summed E-state index contributed by atoms with van der Waals surface area (Å²) in [6, 6.07) is 2.20. The highest BCUT2D eigenvalue weighted by atomic mass is 19.1. The number of aryl methyl sites for hydroxylation is 1. The highest BCUT2D eigenvalue weighted by Crippen LogP contribution is 2.24. The normalized spacial score (nSPS) is 9.86. The van der Waals surface area contributed by atoms with Crippen LogP contribution in [0.3, 0.4) is 0 Å². The highest BCUT2D eigenvalue weighted by molar-refractivity contribution is 5.89. The summed E-state index contributed by atoms with van der Waals surface area (Å²) in [5.41, 5.74) is -1.38. The maximum absolute atomic E-state index is 13.2. The lowest BCUT2D eigenvalue weighted by molar-refractivity contribution is -0.388. The monoisotopic (exact) mass is 199 g/mol. The fourth-order valence-electron chi connectivity index (χ4n) is 1.05. The smallest absolute Gasteiger partial charge is 0.338 e. The van der Waals surface area contributed by atoms with Gasteiger partial charge in [-0.15, -0.1) is 0 Å². The number of carboxylic acids is 1. The number of aromatic carboxylic acids is 1. The van der Waals surface area contributed by atoms with E-state index in [2.05, 4.69) is 0 Å². The van der Waals surface area contributed by atoms with E-state index in [4.69, 9.17) is 5.11 Å². The second-order valence-electron chi connectivity index (χ2n) is 2.65. The minimum absolute atomic E-state index is 0.0949. The minimum atomic E-state index is -1.52. The van der Waals surface area contributed by atoms with E-state index in [0.717, 1.165) is 6.07 Å². The van der Waals surface area contributed by atoms with Gasteiger partial charge in [0.15, 0.2) is 0 Å². The molecule has 14 heavy (non-hydrogen) atoms. The number of hydrogen-bond acceptors (Lipinski definition) is 3. The molecular formula is C8H6FNO4. The predicted octanol–water partition coefficient (Wildman–Crippen LogP) is 1.74. The molecule has 0 unspecified atom stereocenters. The van der Waals surface area contributed by atoms with Crippen molar-refractivity contribution in [2.45, 2.75) is 6.92 Å². The highest BCUT2D eigenvalue weighted by Gasteiger charge is 2.24. The minimum Gasteiger partial charge on any atom is -0.478 e. The molecule has 0 saturated heterocycles. The summed E-state index contributed by atoms with van der Waals surface area (Å²) in [5, 5.41) is 18.9. The maximum Gasteiger partial charge on any atom is 0.338 e. The first-order valence-electron chi connectivity index (χ1n) is 3.62. The van der Waals surface area contributed by atoms with Crippen LogP contribution < -0.4 is 0 Å². The SMILES string of the molecule is Cc1ccc(C(=O)O)c(F)c1[N+](=O)[O-]. The van der Waals surface area contributed by atoms with Crippen molar-refractivity contribution in [1.29, 1.82) is 0 Å². The van der Waals surface area contributed by atoms with Gasteiger partial charge < -0.3 is 5.11 Å². The number of hydrogen-bond donors (Lipinski definition) is 1. The van der Waals surface area contributed by atoms with Crippen molar-refractivity contribution < 1.29 is 19.2 Å². The van der Waals surface area contributed by atoms with Crippen LogP contribution in [-0.4, -0.2) is 16.0 Å². The lowest BCUT2D eigenvalue weighted by Gasteiger charge is -2.00. The molecule has 74 valence electrons. The van der Waals surface area contributed by atoms with E-state index in [0.29, 0.717) is 0 Å². The molecule has 0 radical (unpaired) electrons. The van der Waals surface area contributed by atoms with Crippen molar-refractivity contribution in [2.75, 3.05) is 0 Å². The zero-order valence-corrected chi connectivity index (χ0v) is 7.15. The van der Waals surface area contributed by atoms with Crippen molar-refractivity contribution in [3.8, 4) is 0 Å². The van der Waals surface area contributed by atoms with E-state index in [9.17, 15) is 19.3 Å². The number of halogens is 1. The van der Waals surface area contributed by atoms with Crippen molar-refractivity contribution in [3.63, 3.8) is 0 Å². The van der Waals surface area contributed by atoms with E-state index in [1.807, 2.05) is 0 Å². The first kappa shape index (κ1) is 10.1. The Bertz CT molecular complexity index is 416. The standard InChI is InChI=1S/C8H6FNO4/c1-4-2-3-5(8(11)12)6(9)7(4)10(13)14/h2-3H,1H3,(H,11,12). The molecule has 1 aromatic rings. The van der Waals surface area contributed by atoms with Crippen LogP contribution in [0.1, 0.15) is 15.9 Å². The molecule has 0 spiro atoms. The first-order chi connectivity index (χ1) is 6.45. The Morgan fingerprint density at radius 2 is 2.14 bits per heavy atom. The fraction of sp³-hybridized carbons (Fsp3) is 0.125. The lowest BCUT2D eigenvalue weighted by Crippen LogP contribution is -2.05. The molecule has 0 aliphatic rings. The summed E-state index contributed by atoms with van der Waals surface area (Å²) >= 11 is 0. The van der Waals surface area contributed by atoms with Crippen molar-refractivity contribution in [3.05, 3.63) is 39.2 Å². The largest absolute Gasteiger partial charge is 0.478 e. The third-order valence-electron chi connectivity index (χ3n) is 1.73. The third-order valence-corrected chi connectivity index (χ3v) is 1.73. The second-order valence-corrected chi connectivity index (χ2v) is 2.65. The molecule has 0 amide bonds. The molecule has 0 saturated carbocycles. The number of rotatable bonds is 2. The summed E-state index contributed by atoms with van der Waals surface area (Å²) in [5.74, 6) is -2.83. The molecule has 1 rings (SSSR count). The van der Waals surface area contributed by atoms with Crippen LogP contribution in [0.4, 0.5) is 10.1 Å². The molecule has 6 heteroatoms. The Hall–Kier alpha value is -1.98. The number of nitrogens with zero attached hydrogens (tertiary/aromatic N) is 1. The number of carboxylic acid groups (broad SMARTS) is 1. The quantitative estimate of drug-likeness (QED) is 0.581. The van der Waals surface area contributed by atoms with Crippen LogP contribution in [0, 0.1) is 22.9 Å². The molecule has 0 fully saturated rings. The molecule has 1 aromatic carbocycles. The summed E-state index contributed by atoms with van der Waals surface area (Å²) in [4.78, 5) is 19.9. The van der Waals surface area contributed by atoms with Gasteiger partial charge in [-0.3, -0.25) is 10.1 Å². The van der Waals surface area contributed by atoms with E-state index in [1.165, 1.54) is 13.0 Å². The molecule has 0 atom stereocenters. The van der Waals surface area contributed by atoms with Crippen LogP contribution in [0.2, 0.25) is 0 Å². The van der Waals surface area contributed by atoms with Crippen LogP contribution in [0.15, 0.2) is 12.1 Å². The van der Waals surface area contributed by atoms with Gasteiger partial charge in [0.2, 0.25) is 5.82 Å². The number of nitro groups is 1. The van der Waals surface area contributed by atoms with Crippen LogP contribution in [0.25, 0.3) is 0 Å². The van der Waals surface area contributed by atoms with Crippen LogP contribution in [0.5, 0.6) is 0 Å². The Labute approximate surface area is 77.9 Å². The summed E-state index contributed by atoms with van der Waals surface area (Å²) in [6.07, 6.45) is 0. The Balaban J connectivity index is 3.49.